The SMILES string of the molecule is COc1cc(OCC(=O)Nc2ccccc2C(=O)O)c(C(C)=O)cc1OC. The fourth-order valence-corrected chi connectivity index (χ4v) is 2.36. The molecule has 2 aromatic carbocycles. The molecule has 0 atom stereocenters. The number of carboxylic acids is 1. The predicted octanol–water partition coefficient (Wildman–Crippen LogP) is 2.62. The van der Waals surface area contributed by atoms with E-state index >= 15 is 0 Å². The third kappa shape index (κ3) is 4.75. The molecule has 0 radical (unpaired) electrons. The number of nitrogens with one attached hydrogen (secondary N) is 1. The molecule has 0 saturated carbocycles. The van der Waals surface area contributed by atoms with Gasteiger partial charge in [0.1, 0.15) is 5.75 Å². The Morgan fingerprint density at radius 1 is 0.963 bits per heavy atom. The van der Waals surface area contributed by atoms with E-state index in [0.29, 0.717) is 11.5 Å². The van der Waals surface area contributed by atoms with Crippen LogP contribution in [0.5, 0.6) is 17.2 Å². The van der Waals surface area contributed by atoms with Gasteiger partial charge in [-0.1, -0.05) is 12.1 Å². The highest BCUT2D eigenvalue weighted by molar-refractivity contribution is 6.01. The van der Waals surface area contributed by atoms with Crippen molar-refractivity contribution in [1.82, 2.24) is 0 Å². The third-order valence-electron chi connectivity index (χ3n) is 3.66. The number of aromatic carboxylic acids is 1. The van der Waals surface area contributed by atoms with Gasteiger partial charge >= 0.3 is 5.97 Å². The van der Waals surface area contributed by atoms with E-state index in [9.17, 15) is 14.4 Å². The molecule has 142 valence electrons. The molecular formula is C19H19NO7. The Labute approximate surface area is 155 Å². The summed E-state index contributed by atoms with van der Waals surface area (Å²) in [5.74, 6) is -1.16. The van der Waals surface area contributed by atoms with E-state index in [1.165, 1.54) is 45.4 Å². The van der Waals surface area contributed by atoms with Gasteiger partial charge in [0, 0.05) is 6.07 Å². The van der Waals surface area contributed by atoms with E-state index in [4.69, 9.17) is 19.3 Å². The van der Waals surface area contributed by atoms with Crippen molar-refractivity contribution in [2.24, 2.45) is 0 Å². The van der Waals surface area contributed by atoms with Crippen LogP contribution in [-0.4, -0.2) is 43.6 Å². The number of ether oxygens (including phenoxy) is 3. The summed E-state index contributed by atoms with van der Waals surface area (Å²) in [7, 11) is 2.88. The number of carboxylic acid groups (broad SMARTS) is 1. The molecule has 0 aromatic heterocycles. The molecular weight excluding hydrogens is 354 g/mol. The lowest BCUT2D eigenvalue weighted by molar-refractivity contribution is -0.118. The van der Waals surface area contributed by atoms with Crippen molar-refractivity contribution in [1.29, 1.82) is 0 Å². The van der Waals surface area contributed by atoms with Gasteiger partial charge in [0.05, 0.1) is 31.0 Å². The monoisotopic (exact) mass is 373 g/mol. The van der Waals surface area contributed by atoms with Gasteiger partial charge in [0.25, 0.3) is 5.91 Å². The van der Waals surface area contributed by atoms with Crippen LogP contribution in [0.1, 0.15) is 27.6 Å². The number of amides is 1. The Balaban J connectivity index is 2.17. The highest BCUT2D eigenvalue weighted by Crippen LogP contribution is 2.35. The van der Waals surface area contributed by atoms with Crippen molar-refractivity contribution in [3.05, 3.63) is 47.5 Å². The molecule has 0 unspecified atom stereocenters. The Bertz CT molecular complexity index is 876. The summed E-state index contributed by atoms with van der Waals surface area (Å²) in [5, 5.41) is 11.6. The Morgan fingerprint density at radius 2 is 1.59 bits per heavy atom. The molecule has 0 heterocycles. The van der Waals surface area contributed by atoms with Crippen LogP contribution in [0.4, 0.5) is 5.69 Å². The maximum Gasteiger partial charge on any atom is 0.337 e. The number of ketones is 1. The molecule has 0 aliphatic heterocycles. The maximum absolute atomic E-state index is 12.1. The first-order valence-electron chi connectivity index (χ1n) is 7.89. The number of hydrogen-bond donors (Lipinski definition) is 2. The predicted molar refractivity (Wildman–Crippen MR) is 97.1 cm³/mol. The van der Waals surface area contributed by atoms with Crippen molar-refractivity contribution >= 4 is 23.3 Å². The van der Waals surface area contributed by atoms with Crippen molar-refractivity contribution in [3.8, 4) is 17.2 Å². The standard InChI is InChI=1S/C19H19NO7/c1-11(21)13-8-16(25-2)17(26-3)9-15(13)27-10-18(22)20-14-7-5-4-6-12(14)19(23)24/h4-9H,10H2,1-3H3,(H,20,22)(H,23,24). The fourth-order valence-electron chi connectivity index (χ4n) is 2.36. The molecule has 27 heavy (non-hydrogen) atoms. The molecule has 0 saturated heterocycles. The first kappa shape index (κ1) is 19.8. The molecule has 2 N–H and O–H groups in total. The molecule has 8 heteroatoms. The second-order valence-electron chi connectivity index (χ2n) is 5.45. The lowest BCUT2D eigenvalue weighted by Crippen LogP contribution is -2.22. The molecule has 2 rings (SSSR count). The number of carbonyl (C=O) groups excluding carboxylic acids is 2. The topological polar surface area (TPSA) is 111 Å². The number of hydrogen-bond acceptors (Lipinski definition) is 6. The fraction of sp³-hybridized carbons (Fsp3) is 0.211. The van der Waals surface area contributed by atoms with E-state index in [1.807, 2.05) is 0 Å². The van der Waals surface area contributed by atoms with Crippen LogP contribution in [0.25, 0.3) is 0 Å². The number of carbonyl (C=O) groups is 3. The number of methoxy groups -OCH3 is 2. The van der Waals surface area contributed by atoms with Gasteiger partial charge in [0.2, 0.25) is 0 Å². The minimum atomic E-state index is -1.16. The number of anilines is 1. The van der Waals surface area contributed by atoms with Crippen LogP contribution in [0, 0.1) is 0 Å². The summed E-state index contributed by atoms with van der Waals surface area (Å²) in [6.45, 7) is 0.932. The van der Waals surface area contributed by atoms with Crippen LogP contribution in [-0.2, 0) is 4.79 Å². The molecule has 8 nitrogen and oxygen atoms in total. The smallest absolute Gasteiger partial charge is 0.337 e. The summed E-state index contributed by atoms with van der Waals surface area (Å²) in [5.41, 5.74) is 0.338. The van der Waals surface area contributed by atoms with Gasteiger partial charge in [0.15, 0.2) is 23.9 Å². The Morgan fingerprint density at radius 3 is 2.19 bits per heavy atom. The Hall–Kier alpha value is -3.55. The van der Waals surface area contributed by atoms with E-state index in [1.54, 1.807) is 12.1 Å². The summed E-state index contributed by atoms with van der Waals surface area (Å²) < 4.78 is 15.8. The zero-order chi connectivity index (χ0) is 20.0. The van der Waals surface area contributed by atoms with Gasteiger partial charge in [-0.15, -0.1) is 0 Å². The molecule has 0 bridgehead atoms. The van der Waals surface area contributed by atoms with Crippen molar-refractivity contribution in [3.63, 3.8) is 0 Å². The number of rotatable bonds is 8. The van der Waals surface area contributed by atoms with Crippen molar-refractivity contribution in [2.75, 3.05) is 26.1 Å². The first-order valence-corrected chi connectivity index (χ1v) is 7.89. The number of Topliss-reactive ketones (excluding diaryl/α,β-unsaturated/α-hetero) is 1. The van der Waals surface area contributed by atoms with E-state index in [-0.39, 0.29) is 28.3 Å². The van der Waals surface area contributed by atoms with E-state index in [0.717, 1.165) is 0 Å². The average Bonchev–Trinajstić information content (AvgIpc) is 2.65. The number of para-hydroxylation sites is 1. The molecule has 1 amide bonds. The van der Waals surface area contributed by atoms with E-state index < -0.39 is 18.5 Å². The third-order valence-corrected chi connectivity index (χ3v) is 3.66. The largest absolute Gasteiger partial charge is 0.493 e. The summed E-state index contributed by atoms with van der Waals surface area (Å²) in [6.07, 6.45) is 0. The van der Waals surface area contributed by atoms with Gasteiger partial charge in [-0.05, 0) is 25.1 Å². The average molecular weight is 373 g/mol. The van der Waals surface area contributed by atoms with Crippen LogP contribution < -0.4 is 19.5 Å². The van der Waals surface area contributed by atoms with Crippen LogP contribution >= 0.6 is 0 Å². The molecule has 0 aliphatic rings. The molecule has 0 fully saturated rings. The van der Waals surface area contributed by atoms with Crippen molar-refractivity contribution < 1.29 is 33.7 Å². The second-order valence-corrected chi connectivity index (χ2v) is 5.45. The van der Waals surface area contributed by atoms with Crippen molar-refractivity contribution in [2.45, 2.75) is 6.92 Å². The van der Waals surface area contributed by atoms with E-state index in [2.05, 4.69) is 5.32 Å². The summed E-state index contributed by atoms with van der Waals surface area (Å²) >= 11 is 0. The van der Waals surface area contributed by atoms with Crippen LogP contribution in [0.2, 0.25) is 0 Å². The summed E-state index contributed by atoms with van der Waals surface area (Å²) in [6, 6.07) is 8.92. The maximum atomic E-state index is 12.1. The van der Waals surface area contributed by atoms with Gasteiger partial charge < -0.3 is 24.6 Å². The molecule has 0 aliphatic carbocycles. The normalized spacial score (nSPS) is 10.0. The lowest BCUT2D eigenvalue weighted by atomic mass is 10.1. The minimum absolute atomic E-state index is 0.0404. The Kier molecular flexibility index (Phi) is 6.37. The zero-order valence-electron chi connectivity index (χ0n) is 15.1. The van der Waals surface area contributed by atoms with Gasteiger partial charge in [-0.2, -0.15) is 0 Å². The van der Waals surface area contributed by atoms with Gasteiger partial charge in [-0.25, -0.2) is 4.79 Å². The minimum Gasteiger partial charge on any atom is -0.493 e. The highest BCUT2D eigenvalue weighted by atomic mass is 16.5. The molecule has 2 aromatic rings. The highest BCUT2D eigenvalue weighted by Gasteiger charge is 2.17. The zero-order valence-corrected chi connectivity index (χ0v) is 15.1. The van der Waals surface area contributed by atoms with Gasteiger partial charge in [-0.3, -0.25) is 9.59 Å². The number of benzene rings is 2. The quantitative estimate of drug-likeness (QED) is 0.684. The summed E-state index contributed by atoms with van der Waals surface area (Å²) in [4.78, 5) is 35.2. The second kappa shape index (κ2) is 8.70. The molecule has 0 spiro atoms. The van der Waals surface area contributed by atoms with Crippen LogP contribution in [0.3, 0.4) is 0 Å². The van der Waals surface area contributed by atoms with Crippen LogP contribution in [0.15, 0.2) is 36.4 Å². The first-order chi connectivity index (χ1) is 12.9. The lowest BCUT2D eigenvalue weighted by Gasteiger charge is -2.14.